The van der Waals surface area contributed by atoms with E-state index in [-0.39, 0.29) is 29.2 Å². The van der Waals surface area contributed by atoms with Crippen LogP contribution in [0.2, 0.25) is 0 Å². The largest absolute Gasteiger partial charge is 0.469 e. The second-order valence-corrected chi connectivity index (χ2v) is 13.7. The molecular formula is C29H35N5O5S. The molecule has 2 aromatic heterocycles. The van der Waals surface area contributed by atoms with Crippen LogP contribution in [0.1, 0.15) is 69.3 Å². The first kappa shape index (κ1) is 26.9. The van der Waals surface area contributed by atoms with E-state index in [4.69, 9.17) is 19.4 Å². The SMILES string of the molecule is Cc1nc2c(Nc3ccc(C4=NCC(C)(C)O4)cc3S(C)(=O)=O)cc(CC(=O)C3CC3)nc2n1C1CCCCO1. The first-order chi connectivity index (χ1) is 19.0. The van der Waals surface area contributed by atoms with Gasteiger partial charge in [-0.3, -0.25) is 9.36 Å². The Morgan fingerprint density at radius 2 is 1.93 bits per heavy atom. The minimum Gasteiger partial charge on any atom is -0.469 e. The average molecular weight is 566 g/mol. The number of ketones is 1. The molecule has 4 heterocycles. The third-order valence-corrected chi connectivity index (χ3v) is 8.72. The van der Waals surface area contributed by atoms with Gasteiger partial charge < -0.3 is 14.8 Å². The highest BCUT2D eigenvalue weighted by Crippen LogP contribution is 2.36. The van der Waals surface area contributed by atoms with Gasteiger partial charge in [0, 0.05) is 30.8 Å². The van der Waals surface area contributed by atoms with Crippen LogP contribution in [-0.2, 0) is 30.5 Å². The number of imidazole rings is 1. The Morgan fingerprint density at radius 1 is 1.12 bits per heavy atom. The van der Waals surface area contributed by atoms with Gasteiger partial charge in [0.25, 0.3) is 0 Å². The van der Waals surface area contributed by atoms with Gasteiger partial charge in [-0.25, -0.2) is 23.4 Å². The van der Waals surface area contributed by atoms with Crippen molar-refractivity contribution in [2.75, 3.05) is 24.7 Å². The molecule has 2 aliphatic heterocycles. The molecule has 10 nitrogen and oxygen atoms in total. The number of Topliss-reactive ketones (excluding diaryl/α,β-unsaturated/α-hetero) is 1. The van der Waals surface area contributed by atoms with Gasteiger partial charge in [-0.2, -0.15) is 0 Å². The Labute approximate surface area is 234 Å². The molecule has 0 radical (unpaired) electrons. The molecular weight excluding hydrogens is 530 g/mol. The van der Waals surface area contributed by atoms with Gasteiger partial charge in [0.15, 0.2) is 15.5 Å². The van der Waals surface area contributed by atoms with E-state index in [1.807, 2.05) is 31.4 Å². The van der Waals surface area contributed by atoms with Crippen LogP contribution in [-0.4, -0.2) is 59.6 Å². The maximum absolute atomic E-state index is 12.9. The van der Waals surface area contributed by atoms with Gasteiger partial charge in [0.2, 0.25) is 5.90 Å². The lowest BCUT2D eigenvalue weighted by Gasteiger charge is -2.25. The Balaban J connectivity index is 1.44. The summed E-state index contributed by atoms with van der Waals surface area (Å²) in [6.07, 6.45) is 5.98. The van der Waals surface area contributed by atoms with E-state index in [0.717, 1.165) is 37.9 Å². The van der Waals surface area contributed by atoms with E-state index < -0.39 is 15.4 Å². The second-order valence-electron chi connectivity index (χ2n) is 11.7. The number of fused-ring (bicyclic) bond motifs is 1. The molecule has 0 amide bonds. The van der Waals surface area contributed by atoms with E-state index in [1.165, 1.54) is 6.26 Å². The molecule has 1 unspecified atom stereocenters. The highest BCUT2D eigenvalue weighted by Gasteiger charge is 2.31. The molecule has 3 aliphatic rings. The fourth-order valence-corrected chi connectivity index (χ4v) is 6.22. The molecule has 2 fully saturated rings. The number of nitrogens with zero attached hydrogens (tertiary/aromatic N) is 4. The maximum atomic E-state index is 12.9. The van der Waals surface area contributed by atoms with Crippen molar-refractivity contribution in [2.45, 2.75) is 76.0 Å². The van der Waals surface area contributed by atoms with Gasteiger partial charge in [0.05, 0.1) is 28.5 Å². The van der Waals surface area contributed by atoms with Gasteiger partial charge in [-0.1, -0.05) is 0 Å². The third-order valence-electron chi connectivity index (χ3n) is 7.58. The average Bonchev–Trinajstić information content (AvgIpc) is 3.61. The van der Waals surface area contributed by atoms with Crippen LogP contribution in [0.3, 0.4) is 0 Å². The van der Waals surface area contributed by atoms with Crippen molar-refractivity contribution in [3.05, 3.63) is 41.3 Å². The van der Waals surface area contributed by atoms with Crippen molar-refractivity contribution in [3.8, 4) is 0 Å². The van der Waals surface area contributed by atoms with Gasteiger partial charge in [0.1, 0.15) is 29.0 Å². The number of hydrogen-bond donors (Lipinski definition) is 1. The summed E-state index contributed by atoms with van der Waals surface area (Å²) in [6, 6.07) is 6.92. The molecule has 0 spiro atoms. The molecule has 40 heavy (non-hydrogen) atoms. The van der Waals surface area contributed by atoms with Crippen LogP contribution in [0.25, 0.3) is 11.2 Å². The van der Waals surface area contributed by atoms with Crippen LogP contribution in [0.5, 0.6) is 0 Å². The van der Waals surface area contributed by atoms with E-state index in [1.54, 1.807) is 18.2 Å². The number of ether oxygens (including phenoxy) is 2. The zero-order chi connectivity index (χ0) is 28.2. The summed E-state index contributed by atoms with van der Waals surface area (Å²) in [7, 11) is -3.63. The molecule has 1 atom stereocenters. The number of rotatable bonds is 8. The minimum atomic E-state index is -3.63. The van der Waals surface area contributed by atoms with Crippen molar-refractivity contribution in [2.24, 2.45) is 10.9 Å². The lowest BCUT2D eigenvalue weighted by molar-refractivity contribution is -0.119. The topological polar surface area (TPSA) is 125 Å². The normalized spacial score (nSPS) is 20.8. The van der Waals surface area contributed by atoms with Crippen LogP contribution in [0.15, 0.2) is 34.2 Å². The quantitative estimate of drug-likeness (QED) is 0.418. The zero-order valence-electron chi connectivity index (χ0n) is 23.4. The van der Waals surface area contributed by atoms with Gasteiger partial charge in [-0.05, 0) is 77.1 Å². The molecule has 1 saturated heterocycles. The minimum absolute atomic E-state index is 0.109. The first-order valence-corrected chi connectivity index (χ1v) is 15.8. The van der Waals surface area contributed by atoms with Gasteiger partial charge >= 0.3 is 0 Å². The number of hydrogen-bond acceptors (Lipinski definition) is 9. The van der Waals surface area contributed by atoms with Crippen molar-refractivity contribution in [1.29, 1.82) is 0 Å². The number of nitrogens with one attached hydrogen (secondary N) is 1. The number of anilines is 2. The predicted molar refractivity (Wildman–Crippen MR) is 152 cm³/mol. The first-order valence-electron chi connectivity index (χ1n) is 13.9. The molecule has 0 bridgehead atoms. The number of carbonyl (C=O) groups is 1. The Kier molecular flexibility index (Phi) is 6.69. The summed E-state index contributed by atoms with van der Waals surface area (Å²) in [5.41, 5.74) is 3.00. The Hall–Kier alpha value is -3.31. The fraction of sp³-hybridized carbons (Fsp3) is 0.517. The third kappa shape index (κ3) is 5.36. The highest BCUT2D eigenvalue weighted by molar-refractivity contribution is 7.90. The van der Waals surface area contributed by atoms with Crippen molar-refractivity contribution < 1.29 is 22.7 Å². The van der Waals surface area contributed by atoms with Crippen molar-refractivity contribution >= 4 is 44.1 Å². The smallest absolute Gasteiger partial charge is 0.216 e. The summed E-state index contributed by atoms with van der Waals surface area (Å²) in [5.74, 6) is 1.46. The summed E-state index contributed by atoms with van der Waals surface area (Å²) in [4.78, 5) is 27.1. The fourth-order valence-electron chi connectivity index (χ4n) is 5.36. The number of pyridine rings is 1. The second kappa shape index (κ2) is 9.95. The van der Waals surface area contributed by atoms with E-state index >= 15 is 0 Å². The number of carbonyl (C=O) groups excluding carboxylic acids is 1. The van der Waals surface area contributed by atoms with Crippen molar-refractivity contribution in [3.63, 3.8) is 0 Å². The highest BCUT2D eigenvalue weighted by atomic mass is 32.2. The molecule has 11 heteroatoms. The van der Waals surface area contributed by atoms with Crippen LogP contribution in [0.4, 0.5) is 11.4 Å². The van der Waals surface area contributed by atoms with E-state index in [2.05, 4.69) is 10.3 Å². The van der Waals surface area contributed by atoms with Crippen LogP contribution >= 0.6 is 0 Å². The molecule has 1 N–H and O–H groups in total. The predicted octanol–water partition coefficient (Wildman–Crippen LogP) is 4.66. The molecule has 1 aromatic carbocycles. The lowest BCUT2D eigenvalue weighted by Crippen LogP contribution is -2.24. The molecule has 6 rings (SSSR count). The summed E-state index contributed by atoms with van der Waals surface area (Å²) in [6.45, 7) is 6.97. The number of sulfone groups is 1. The number of aryl methyl sites for hydroxylation is 1. The molecule has 3 aromatic rings. The lowest BCUT2D eigenvalue weighted by atomic mass is 10.1. The van der Waals surface area contributed by atoms with Crippen LogP contribution in [0, 0.1) is 12.8 Å². The van der Waals surface area contributed by atoms with E-state index in [0.29, 0.717) is 52.8 Å². The standard InChI is InChI=1S/C29H35N5O5S/c1-17-31-26-22(33-21-11-10-19(13-24(21)40(4,36)37)28-30-16-29(2,3)39-28)14-20(15-23(35)18-8-9-18)32-27(26)34(17)25-7-5-6-12-38-25/h10-11,13-14,18,25H,5-9,12,15-16H2,1-4H3,(H,32,33). The molecule has 212 valence electrons. The Bertz CT molecular complexity index is 1630. The van der Waals surface area contributed by atoms with E-state index in [9.17, 15) is 13.2 Å². The summed E-state index contributed by atoms with van der Waals surface area (Å²) < 4.78 is 39.9. The number of aromatic nitrogens is 3. The monoisotopic (exact) mass is 565 g/mol. The van der Waals surface area contributed by atoms with Crippen LogP contribution < -0.4 is 5.32 Å². The maximum Gasteiger partial charge on any atom is 0.216 e. The Morgan fingerprint density at radius 3 is 2.58 bits per heavy atom. The summed E-state index contributed by atoms with van der Waals surface area (Å²) in [5, 5.41) is 3.33. The van der Waals surface area contributed by atoms with Gasteiger partial charge in [-0.15, -0.1) is 0 Å². The summed E-state index contributed by atoms with van der Waals surface area (Å²) >= 11 is 0. The zero-order valence-corrected chi connectivity index (χ0v) is 24.2. The molecule has 1 saturated carbocycles. The molecule has 1 aliphatic carbocycles. The van der Waals surface area contributed by atoms with Crippen molar-refractivity contribution in [1.82, 2.24) is 14.5 Å². The number of benzene rings is 1. The number of aliphatic imine (C=N–C) groups is 1.